The van der Waals surface area contributed by atoms with Gasteiger partial charge in [0, 0.05) is 17.0 Å². The summed E-state index contributed by atoms with van der Waals surface area (Å²) in [5.74, 6) is 3.08. The predicted octanol–water partition coefficient (Wildman–Crippen LogP) is 3.95. The molecule has 2 atom stereocenters. The van der Waals surface area contributed by atoms with Gasteiger partial charge < -0.3 is 18.9 Å². The maximum Gasteiger partial charge on any atom is 0.203 e. The van der Waals surface area contributed by atoms with Crippen LogP contribution in [-0.2, 0) is 0 Å². The molecule has 22 heavy (non-hydrogen) atoms. The lowest BCUT2D eigenvalue weighted by molar-refractivity contribution is 0.214. The van der Waals surface area contributed by atoms with E-state index in [0.29, 0.717) is 17.2 Å². The smallest absolute Gasteiger partial charge is 0.203 e. The zero-order valence-electron chi connectivity index (χ0n) is 13.3. The first-order valence-electron chi connectivity index (χ1n) is 7.25. The van der Waals surface area contributed by atoms with Crippen molar-refractivity contribution in [1.29, 1.82) is 0 Å². The van der Waals surface area contributed by atoms with E-state index in [0.717, 1.165) is 11.3 Å². The van der Waals surface area contributed by atoms with E-state index in [1.807, 2.05) is 30.3 Å². The lowest BCUT2D eigenvalue weighted by Gasteiger charge is -2.19. The fourth-order valence-electron chi connectivity index (χ4n) is 2.99. The van der Waals surface area contributed by atoms with Crippen LogP contribution in [0, 0.1) is 0 Å². The van der Waals surface area contributed by atoms with Gasteiger partial charge in [-0.1, -0.05) is 25.1 Å². The number of fused-ring (bicyclic) bond motifs is 1. The number of rotatable bonds is 4. The number of ether oxygens (including phenoxy) is 4. The minimum absolute atomic E-state index is 0.0638. The molecule has 0 aromatic heterocycles. The van der Waals surface area contributed by atoms with Crippen molar-refractivity contribution in [1.82, 2.24) is 0 Å². The Balaban J connectivity index is 2.03. The van der Waals surface area contributed by atoms with Gasteiger partial charge in [0.05, 0.1) is 21.3 Å². The zero-order chi connectivity index (χ0) is 15.7. The molecule has 4 heteroatoms. The summed E-state index contributed by atoms with van der Waals surface area (Å²) in [6.45, 7) is 2.17. The number of para-hydroxylation sites is 1. The first kappa shape index (κ1) is 14.6. The van der Waals surface area contributed by atoms with Gasteiger partial charge in [-0.05, 0) is 18.2 Å². The highest BCUT2D eigenvalue weighted by Gasteiger charge is 2.33. The van der Waals surface area contributed by atoms with Crippen molar-refractivity contribution < 1.29 is 18.9 Å². The summed E-state index contributed by atoms with van der Waals surface area (Å²) in [6, 6.07) is 12.0. The monoisotopic (exact) mass is 300 g/mol. The van der Waals surface area contributed by atoms with Crippen molar-refractivity contribution in [3.05, 3.63) is 47.5 Å². The molecule has 0 saturated heterocycles. The van der Waals surface area contributed by atoms with Gasteiger partial charge in [-0.3, -0.25) is 0 Å². The molecule has 0 spiro atoms. The number of hydrogen-bond acceptors (Lipinski definition) is 4. The highest BCUT2D eigenvalue weighted by molar-refractivity contribution is 5.55. The van der Waals surface area contributed by atoms with Gasteiger partial charge >= 0.3 is 0 Å². The van der Waals surface area contributed by atoms with Gasteiger partial charge in [0.2, 0.25) is 5.75 Å². The van der Waals surface area contributed by atoms with E-state index >= 15 is 0 Å². The summed E-state index contributed by atoms with van der Waals surface area (Å²) in [5.41, 5.74) is 2.24. The second kappa shape index (κ2) is 5.79. The Bertz CT molecular complexity index is 656. The Labute approximate surface area is 130 Å². The zero-order valence-corrected chi connectivity index (χ0v) is 13.3. The lowest BCUT2D eigenvalue weighted by Crippen LogP contribution is -2.08. The molecule has 0 saturated carbocycles. The summed E-state index contributed by atoms with van der Waals surface area (Å²) in [4.78, 5) is 0. The molecule has 0 N–H and O–H groups in total. The predicted molar refractivity (Wildman–Crippen MR) is 84.3 cm³/mol. The van der Waals surface area contributed by atoms with E-state index in [9.17, 15) is 0 Å². The van der Waals surface area contributed by atoms with E-state index in [1.54, 1.807) is 21.3 Å². The molecule has 0 amide bonds. The summed E-state index contributed by atoms with van der Waals surface area (Å²) in [6.07, 6.45) is -0.0638. The maximum atomic E-state index is 6.13. The molecule has 0 fully saturated rings. The number of benzene rings is 2. The first-order chi connectivity index (χ1) is 10.7. The SMILES string of the molecule is COc1cc([C@@H]2Oc3ccccc3[C@H]2C)cc(OC)c1OC. The number of hydrogen-bond donors (Lipinski definition) is 0. The lowest BCUT2D eigenvalue weighted by atomic mass is 9.92. The molecule has 2 aromatic rings. The third kappa shape index (κ3) is 2.25. The van der Waals surface area contributed by atoms with Crippen LogP contribution in [0.3, 0.4) is 0 Å². The normalized spacial score (nSPS) is 19.3. The van der Waals surface area contributed by atoms with E-state index in [4.69, 9.17) is 18.9 Å². The van der Waals surface area contributed by atoms with E-state index in [1.165, 1.54) is 5.56 Å². The van der Waals surface area contributed by atoms with Crippen LogP contribution in [0.15, 0.2) is 36.4 Å². The van der Waals surface area contributed by atoms with Crippen LogP contribution in [-0.4, -0.2) is 21.3 Å². The molecule has 4 nitrogen and oxygen atoms in total. The Kier molecular flexibility index (Phi) is 3.84. The fourth-order valence-corrected chi connectivity index (χ4v) is 2.99. The highest BCUT2D eigenvalue weighted by atomic mass is 16.5. The van der Waals surface area contributed by atoms with Crippen molar-refractivity contribution in [2.45, 2.75) is 18.9 Å². The average molecular weight is 300 g/mol. The molecule has 1 aliphatic rings. The third-order valence-corrected chi connectivity index (χ3v) is 4.13. The van der Waals surface area contributed by atoms with Gasteiger partial charge in [-0.25, -0.2) is 0 Å². The molecular weight excluding hydrogens is 280 g/mol. The Morgan fingerprint density at radius 1 is 0.909 bits per heavy atom. The van der Waals surface area contributed by atoms with Crippen molar-refractivity contribution in [3.8, 4) is 23.0 Å². The Morgan fingerprint density at radius 3 is 2.09 bits per heavy atom. The first-order valence-corrected chi connectivity index (χ1v) is 7.25. The van der Waals surface area contributed by atoms with Gasteiger partial charge in [0.1, 0.15) is 11.9 Å². The van der Waals surface area contributed by atoms with Crippen LogP contribution in [0.5, 0.6) is 23.0 Å². The molecule has 1 aliphatic heterocycles. The molecule has 2 aromatic carbocycles. The summed E-state index contributed by atoms with van der Waals surface area (Å²) < 4.78 is 22.4. The second-order valence-corrected chi connectivity index (χ2v) is 5.32. The largest absolute Gasteiger partial charge is 0.493 e. The molecule has 0 radical (unpaired) electrons. The van der Waals surface area contributed by atoms with Gasteiger partial charge in [-0.15, -0.1) is 0 Å². The Hall–Kier alpha value is -2.36. The molecule has 116 valence electrons. The topological polar surface area (TPSA) is 36.9 Å². The Morgan fingerprint density at radius 2 is 1.55 bits per heavy atom. The van der Waals surface area contributed by atoms with Crippen LogP contribution < -0.4 is 18.9 Å². The van der Waals surface area contributed by atoms with Crippen molar-refractivity contribution in [2.75, 3.05) is 21.3 Å². The van der Waals surface area contributed by atoms with E-state index in [2.05, 4.69) is 13.0 Å². The second-order valence-electron chi connectivity index (χ2n) is 5.32. The van der Waals surface area contributed by atoms with Gasteiger partial charge in [-0.2, -0.15) is 0 Å². The van der Waals surface area contributed by atoms with Crippen molar-refractivity contribution in [2.24, 2.45) is 0 Å². The molecule has 0 unspecified atom stereocenters. The van der Waals surface area contributed by atoms with Crippen LogP contribution in [0.1, 0.15) is 30.1 Å². The van der Waals surface area contributed by atoms with Crippen LogP contribution in [0.4, 0.5) is 0 Å². The average Bonchev–Trinajstić information content (AvgIpc) is 2.90. The summed E-state index contributed by atoms with van der Waals surface area (Å²) in [5, 5.41) is 0. The maximum absolute atomic E-state index is 6.13. The molecule has 1 heterocycles. The summed E-state index contributed by atoms with van der Waals surface area (Å²) in [7, 11) is 4.84. The van der Waals surface area contributed by atoms with Crippen molar-refractivity contribution >= 4 is 0 Å². The van der Waals surface area contributed by atoms with Gasteiger partial charge in [0.15, 0.2) is 11.5 Å². The van der Waals surface area contributed by atoms with Gasteiger partial charge in [0.25, 0.3) is 0 Å². The van der Waals surface area contributed by atoms with E-state index in [-0.39, 0.29) is 12.0 Å². The minimum atomic E-state index is -0.0638. The van der Waals surface area contributed by atoms with Crippen LogP contribution in [0.2, 0.25) is 0 Å². The minimum Gasteiger partial charge on any atom is -0.493 e. The molecular formula is C18H20O4. The molecule has 0 aliphatic carbocycles. The molecule has 0 bridgehead atoms. The highest BCUT2D eigenvalue weighted by Crippen LogP contribution is 2.48. The fraction of sp³-hybridized carbons (Fsp3) is 0.333. The van der Waals surface area contributed by atoms with Crippen LogP contribution >= 0.6 is 0 Å². The molecule has 3 rings (SSSR count). The van der Waals surface area contributed by atoms with E-state index < -0.39 is 0 Å². The summed E-state index contributed by atoms with van der Waals surface area (Å²) >= 11 is 0. The standard InChI is InChI=1S/C18H20O4/c1-11-13-7-5-6-8-14(13)22-17(11)12-9-15(19-2)18(21-4)16(10-12)20-3/h5-11,17H,1-4H3/t11-,17-/m1/s1. The quantitative estimate of drug-likeness (QED) is 0.856. The third-order valence-electron chi connectivity index (χ3n) is 4.13. The van der Waals surface area contributed by atoms with Crippen molar-refractivity contribution in [3.63, 3.8) is 0 Å². The number of methoxy groups -OCH3 is 3. The van der Waals surface area contributed by atoms with Crippen LogP contribution in [0.25, 0.3) is 0 Å².